The summed E-state index contributed by atoms with van der Waals surface area (Å²) >= 11 is 0. The SMILES string of the molecule is O=CCOCCOCCNC(=O)COCCO. The van der Waals surface area contributed by atoms with Crippen LogP contribution in [-0.2, 0) is 23.8 Å². The van der Waals surface area contributed by atoms with Crippen molar-refractivity contribution in [3.8, 4) is 0 Å². The van der Waals surface area contributed by atoms with E-state index in [-0.39, 0.29) is 32.3 Å². The summed E-state index contributed by atoms with van der Waals surface area (Å²) in [5, 5.41) is 11.0. The third-order valence-corrected chi connectivity index (χ3v) is 1.60. The quantitative estimate of drug-likeness (QED) is 0.318. The first-order chi connectivity index (χ1) is 8.31. The highest BCUT2D eigenvalue weighted by Gasteiger charge is 1.99. The third kappa shape index (κ3) is 12.9. The van der Waals surface area contributed by atoms with Crippen LogP contribution in [0.25, 0.3) is 0 Å². The molecular weight excluding hydrogens is 230 g/mol. The van der Waals surface area contributed by atoms with Gasteiger partial charge in [-0.3, -0.25) is 4.79 Å². The van der Waals surface area contributed by atoms with Crippen LogP contribution >= 0.6 is 0 Å². The maximum atomic E-state index is 11.1. The van der Waals surface area contributed by atoms with Crippen LogP contribution in [0.1, 0.15) is 0 Å². The lowest BCUT2D eigenvalue weighted by atomic mass is 10.6. The molecule has 0 unspecified atom stereocenters. The fourth-order valence-corrected chi connectivity index (χ4v) is 0.894. The van der Waals surface area contributed by atoms with Gasteiger partial charge in [-0.05, 0) is 0 Å². The van der Waals surface area contributed by atoms with Gasteiger partial charge in [0.15, 0.2) is 0 Å². The molecule has 0 radical (unpaired) electrons. The Morgan fingerprint density at radius 3 is 2.59 bits per heavy atom. The van der Waals surface area contributed by atoms with Gasteiger partial charge in [-0.1, -0.05) is 0 Å². The number of amides is 1. The maximum Gasteiger partial charge on any atom is 0.246 e. The predicted molar refractivity (Wildman–Crippen MR) is 58.6 cm³/mol. The summed E-state index contributed by atoms with van der Waals surface area (Å²) in [5.74, 6) is -0.251. The van der Waals surface area contributed by atoms with E-state index in [1.165, 1.54) is 0 Å². The van der Waals surface area contributed by atoms with Crippen LogP contribution in [0, 0.1) is 0 Å². The number of aliphatic hydroxyl groups excluding tert-OH is 1. The number of hydrogen-bond acceptors (Lipinski definition) is 6. The molecule has 0 saturated heterocycles. The van der Waals surface area contributed by atoms with Crippen LogP contribution in [0.2, 0.25) is 0 Å². The van der Waals surface area contributed by atoms with Crippen molar-refractivity contribution in [1.82, 2.24) is 5.32 Å². The molecule has 0 spiro atoms. The van der Waals surface area contributed by atoms with Crippen LogP contribution in [0.4, 0.5) is 0 Å². The zero-order valence-electron chi connectivity index (χ0n) is 9.72. The van der Waals surface area contributed by atoms with Crippen LogP contribution in [-0.4, -0.2) is 70.1 Å². The molecule has 0 aliphatic rings. The molecule has 0 aromatic rings. The number of aliphatic hydroxyl groups is 1. The molecule has 1 amide bonds. The summed E-state index contributed by atoms with van der Waals surface area (Å²) in [6.45, 7) is 1.54. The molecule has 0 aromatic heterocycles. The molecule has 0 aliphatic carbocycles. The van der Waals surface area contributed by atoms with Crippen molar-refractivity contribution in [2.75, 3.05) is 52.8 Å². The van der Waals surface area contributed by atoms with Gasteiger partial charge in [0.05, 0.1) is 33.0 Å². The molecule has 0 bridgehead atoms. The molecule has 0 atom stereocenters. The molecule has 17 heavy (non-hydrogen) atoms. The average Bonchev–Trinajstić information content (AvgIpc) is 2.33. The summed E-state index contributed by atoms with van der Waals surface area (Å²) in [6, 6.07) is 0. The zero-order valence-corrected chi connectivity index (χ0v) is 9.72. The van der Waals surface area contributed by atoms with Gasteiger partial charge >= 0.3 is 0 Å². The molecule has 2 N–H and O–H groups in total. The summed E-state index contributed by atoms with van der Waals surface area (Å²) in [7, 11) is 0. The Morgan fingerprint density at radius 2 is 1.88 bits per heavy atom. The van der Waals surface area contributed by atoms with Gasteiger partial charge in [0.1, 0.15) is 19.5 Å². The van der Waals surface area contributed by atoms with E-state index >= 15 is 0 Å². The standard InChI is InChI=1S/C10H19NO6/c12-2-5-16-8-7-15-4-1-11-10(14)9-17-6-3-13/h2,13H,1,3-9H2,(H,11,14). The van der Waals surface area contributed by atoms with E-state index in [4.69, 9.17) is 19.3 Å². The minimum absolute atomic E-state index is 0.0665. The van der Waals surface area contributed by atoms with E-state index in [0.29, 0.717) is 32.7 Å². The highest BCUT2D eigenvalue weighted by molar-refractivity contribution is 5.77. The van der Waals surface area contributed by atoms with Gasteiger partial charge in [-0.2, -0.15) is 0 Å². The molecule has 0 fully saturated rings. The largest absolute Gasteiger partial charge is 0.394 e. The molecule has 0 saturated carbocycles. The Hall–Kier alpha value is -1.02. The first-order valence-corrected chi connectivity index (χ1v) is 5.35. The van der Waals surface area contributed by atoms with Crippen LogP contribution in [0.5, 0.6) is 0 Å². The highest BCUT2D eigenvalue weighted by Crippen LogP contribution is 1.78. The molecule has 100 valence electrons. The first-order valence-electron chi connectivity index (χ1n) is 5.35. The fraction of sp³-hybridized carbons (Fsp3) is 0.800. The Bertz CT molecular complexity index is 199. The average molecular weight is 249 g/mol. The number of carbonyl (C=O) groups excluding carboxylic acids is 2. The number of carbonyl (C=O) groups is 2. The van der Waals surface area contributed by atoms with Crippen molar-refractivity contribution in [1.29, 1.82) is 0 Å². The van der Waals surface area contributed by atoms with Gasteiger partial charge in [-0.25, -0.2) is 0 Å². The second kappa shape index (κ2) is 13.0. The summed E-state index contributed by atoms with van der Waals surface area (Å²) in [6.07, 6.45) is 0.673. The van der Waals surface area contributed by atoms with Crippen molar-refractivity contribution in [2.24, 2.45) is 0 Å². The van der Waals surface area contributed by atoms with Gasteiger partial charge in [0, 0.05) is 6.54 Å². The van der Waals surface area contributed by atoms with Crippen molar-refractivity contribution >= 4 is 12.2 Å². The molecule has 0 aliphatic heterocycles. The van der Waals surface area contributed by atoms with Gasteiger partial charge in [0.25, 0.3) is 0 Å². The van der Waals surface area contributed by atoms with Crippen molar-refractivity contribution in [2.45, 2.75) is 0 Å². The fourth-order valence-electron chi connectivity index (χ4n) is 0.894. The monoisotopic (exact) mass is 249 g/mol. The second-order valence-electron chi connectivity index (χ2n) is 2.98. The molecule has 0 aromatic carbocycles. The van der Waals surface area contributed by atoms with Crippen molar-refractivity contribution in [3.63, 3.8) is 0 Å². The van der Waals surface area contributed by atoms with Crippen LogP contribution in [0.15, 0.2) is 0 Å². The summed E-state index contributed by atoms with van der Waals surface area (Å²) in [5.41, 5.74) is 0. The number of ether oxygens (including phenoxy) is 3. The van der Waals surface area contributed by atoms with Gasteiger partial charge < -0.3 is 29.4 Å². The van der Waals surface area contributed by atoms with Crippen molar-refractivity contribution < 1.29 is 28.9 Å². The lowest BCUT2D eigenvalue weighted by Crippen LogP contribution is -2.31. The second-order valence-corrected chi connectivity index (χ2v) is 2.98. The van der Waals surface area contributed by atoms with E-state index in [1.807, 2.05) is 0 Å². The lowest BCUT2D eigenvalue weighted by Gasteiger charge is -2.06. The van der Waals surface area contributed by atoms with E-state index in [9.17, 15) is 9.59 Å². The number of nitrogens with one attached hydrogen (secondary N) is 1. The Balaban J connectivity index is 3.11. The molecule has 7 nitrogen and oxygen atoms in total. The summed E-state index contributed by atoms with van der Waals surface area (Å²) < 4.78 is 14.8. The zero-order chi connectivity index (χ0) is 12.8. The third-order valence-electron chi connectivity index (χ3n) is 1.60. The topological polar surface area (TPSA) is 94.1 Å². The molecule has 0 heterocycles. The highest BCUT2D eigenvalue weighted by atomic mass is 16.5. The predicted octanol–water partition coefficient (Wildman–Crippen LogP) is -1.66. The van der Waals surface area contributed by atoms with Gasteiger partial charge in [-0.15, -0.1) is 0 Å². The molecular formula is C10H19NO6. The minimum atomic E-state index is -0.251. The van der Waals surface area contributed by atoms with Crippen molar-refractivity contribution in [3.05, 3.63) is 0 Å². The summed E-state index contributed by atoms with van der Waals surface area (Å²) in [4.78, 5) is 20.9. The minimum Gasteiger partial charge on any atom is -0.394 e. The Kier molecular flexibility index (Phi) is 12.3. The van der Waals surface area contributed by atoms with E-state index in [2.05, 4.69) is 5.32 Å². The lowest BCUT2D eigenvalue weighted by molar-refractivity contribution is -0.126. The van der Waals surface area contributed by atoms with Crippen LogP contribution in [0.3, 0.4) is 0 Å². The molecule has 0 rings (SSSR count). The normalized spacial score (nSPS) is 10.2. The Morgan fingerprint density at radius 1 is 1.12 bits per heavy atom. The van der Waals surface area contributed by atoms with E-state index < -0.39 is 0 Å². The smallest absolute Gasteiger partial charge is 0.246 e. The number of rotatable bonds is 12. The van der Waals surface area contributed by atoms with Crippen LogP contribution < -0.4 is 5.32 Å². The van der Waals surface area contributed by atoms with Gasteiger partial charge in [0.2, 0.25) is 5.91 Å². The number of hydrogen-bond donors (Lipinski definition) is 2. The van der Waals surface area contributed by atoms with E-state index in [1.54, 1.807) is 0 Å². The molecule has 7 heteroatoms. The van der Waals surface area contributed by atoms with E-state index in [0.717, 1.165) is 0 Å². The Labute approximate surface area is 100 Å². The number of aldehydes is 1. The first kappa shape index (κ1) is 16.0. The maximum absolute atomic E-state index is 11.1.